The maximum Gasteiger partial charge on any atom is 0.314 e. The van der Waals surface area contributed by atoms with Crippen molar-refractivity contribution < 1.29 is 23.8 Å². The molecule has 0 saturated heterocycles. The van der Waals surface area contributed by atoms with Crippen molar-refractivity contribution in [2.24, 2.45) is 11.8 Å². The zero-order valence-electron chi connectivity index (χ0n) is 15.8. The number of Topliss-reactive ketones (excluding diaryl/α,β-unsaturated/α-hetero) is 1. The number of ketones is 1. The molecule has 0 aliphatic heterocycles. The molecule has 0 N–H and O–H groups in total. The Morgan fingerprint density at radius 2 is 1.35 bits per heavy atom. The molecule has 0 unspecified atom stereocenters. The van der Waals surface area contributed by atoms with Crippen LogP contribution in [0.15, 0.2) is 0 Å². The van der Waals surface area contributed by atoms with Crippen molar-refractivity contribution in [3.63, 3.8) is 0 Å². The quantitative estimate of drug-likeness (QED) is 0.310. The van der Waals surface area contributed by atoms with Crippen LogP contribution in [-0.2, 0) is 23.8 Å². The van der Waals surface area contributed by atoms with Crippen molar-refractivity contribution in [3.05, 3.63) is 0 Å². The predicted octanol–water partition coefficient (Wildman–Crippen LogP) is 3.74. The molecule has 0 saturated carbocycles. The lowest BCUT2D eigenvalue weighted by Crippen LogP contribution is -2.49. The topological polar surface area (TPSA) is 61.8 Å². The Bertz CT molecular complexity index is 346. The second-order valence-electron chi connectivity index (χ2n) is 6.91. The Labute approximate surface area is 141 Å². The largest absolute Gasteiger partial charge is 0.453 e. The third-order valence-electron chi connectivity index (χ3n) is 3.50. The Balaban J connectivity index is 5.19. The van der Waals surface area contributed by atoms with Crippen molar-refractivity contribution in [2.45, 2.75) is 79.6 Å². The molecule has 23 heavy (non-hydrogen) atoms. The van der Waals surface area contributed by atoms with Gasteiger partial charge in [-0.15, -0.1) is 0 Å². The van der Waals surface area contributed by atoms with E-state index in [-0.39, 0.29) is 12.2 Å². The molecule has 0 fully saturated rings. The monoisotopic (exact) mass is 330 g/mol. The van der Waals surface area contributed by atoms with Gasteiger partial charge in [0.2, 0.25) is 0 Å². The van der Waals surface area contributed by atoms with Crippen molar-refractivity contribution in [3.8, 4) is 0 Å². The summed E-state index contributed by atoms with van der Waals surface area (Å²) in [6.07, 6.45) is 0.281. The first-order valence-corrected chi connectivity index (χ1v) is 8.61. The van der Waals surface area contributed by atoms with Gasteiger partial charge >= 0.3 is 5.97 Å². The van der Waals surface area contributed by atoms with Crippen molar-refractivity contribution >= 4 is 11.8 Å². The van der Waals surface area contributed by atoms with Gasteiger partial charge in [0.25, 0.3) is 0 Å². The number of rotatable bonds is 12. The van der Waals surface area contributed by atoms with Crippen LogP contribution in [0.3, 0.4) is 0 Å². The first kappa shape index (κ1) is 22.1. The predicted molar refractivity (Wildman–Crippen MR) is 90.1 cm³/mol. The molecule has 0 radical (unpaired) electrons. The van der Waals surface area contributed by atoms with Crippen molar-refractivity contribution in [1.29, 1.82) is 0 Å². The average molecular weight is 330 g/mol. The summed E-state index contributed by atoms with van der Waals surface area (Å²) < 4.78 is 17.5. The van der Waals surface area contributed by atoms with Gasteiger partial charge in [0.05, 0.1) is 13.2 Å². The van der Waals surface area contributed by atoms with Crippen molar-refractivity contribution in [1.82, 2.24) is 0 Å². The lowest BCUT2D eigenvalue weighted by molar-refractivity contribution is -0.256. The molecule has 0 spiro atoms. The molecule has 0 aliphatic rings. The molecule has 0 aromatic heterocycles. The Kier molecular flexibility index (Phi) is 10.3. The fourth-order valence-electron chi connectivity index (χ4n) is 2.15. The SMILES string of the molecule is CCC(CC)(OC(=O)CC(C)=O)C(OCC(C)C)OCC(C)C. The zero-order valence-corrected chi connectivity index (χ0v) is 15.8. The van der Waals surface area contributed by atoms with Gasteiger partial charge in [-0.2, -0.15) is 0 Å². The van der Waals surface area contributed by atoms with Crippen LogP contribution in [0.1, 0.15) is 67.7 Å². The second kappa shape index (κ2) is 10.8. The molecule has 0 aliphatic carbocycles. The minimum atomic E-state index is -0.865. The van der Waals surface area contributed by atoms with E-state index in [4.69, 9.17) is 14.2 Å². The molecule has 0 bridgehead atoms. The Morgan fingerprint density at radius 3 is 1.65 bits per heavy atom. The van der Waals surface area contributed by atoms with E-state index in [2.05, 4.69) is 27.7 Å². The molecular formula is C18H34O5. The van der Waals surface area contributed by atoms with Crippen LogP contribution in [0.2, 0.25) is 0 Å². The van der Waals surface area contributed by atoms with E-state index >= 15 is 0 Å². The Hall–Kier alpha value is -0.940. The normalized spacial score (nSPS) is 12.3. The van der Waals surface area contributed by atoms with Gasteiger partial charge in [0.1, 0.15) is 12.2 Å². The van der Waals surface area contributed by atoms with E-state index in [9.17, 15) is 9.59 Å². The smallest absolute Gasteiger partial charge is 0.314 e. The Morgan fingerprint density at radius 1 is 0.913 bits per heavy atom. The van der Waals surface area contributed by atoms with E-state index < -0.39 is 17.9 Å². The fraction of sp³-hybridized carbons (Fsp3) is 0.889. The molecule has 136 valence electrons. The van der Waals surface area contributed by atoms with Crippen LogP contribution < -0.4 is 0 Å². The maximum atomic E-state index is 12.0. The summed E-state index contributed by atoms with van der Waals surface area (Å²) in [5.41, 5.74) is -0.865. The highest BCUT2D eigenvalue weighted by Gasteiger charge is 2.42. The minimum Gasteiger partial charge on any atom is -0.453 e. The van der Waals surface area contributed by atoms with E-state index in [1.54, 1.807) is 0 Å². The lowest BCUT2D eigenvalue weighted by atomic mass is 9.95. The van der Waals surface area contributed by atoms with E-state index in [0.717, 1.165) is 0 Å². The molecule has 0 aromatic carbocycles. The summed E-state index contributed by atoms with van der Waals surface area (Å²) in [6.45, 7) is 14.5. The van der Waals surface area contributed by atoms with Crippen LogP contribution in [-0.4, -0.2) is 36.9 Å². The number of carbonyl (C=O) groups excluding carboxylic acids is 2. The van der Waals surface area contributed by atoms with Gasteiger partial charge in [-0.3, -0.25) is 9.59 Å². The molecule has 0 atom stereocenters. The number of hydrogen-bond donors (Lipinski definition) is 0. The average Bonchev–Trinajstić information content (AvgIpc) is 2.43. The van der Waals surface area contributed by atoms with E-state index in [0.29, 0.717) is 37.9 Å². The van der Waals surface area contributed by atoms with Crippen LogP contribution >= 0.6 is 0 Å². The summed E-state index contributed by atoms with van der Waals surface area (Å²) >= 11 is 0. The summed E-state index contributed by atoms with van der Waals surface area (Å²) in [4.78, 5) is 23.2. The molecule has 5 nitrogen and oxygen atoms in total. The number of esters is 1. The molecule has 0 amide bonds. The summed E-state index contributed by atoms with van der Waals surface area (Å²) in [5.74, 6) is -0.0367. The van der Waals surface area contributed by atoms with Crippen LogP contribution in [0.4, 0.5) is 0 Å². The van der Waals surface area contributed by atoms with Gasteiger partial charge in [0.15, 0.2) is 11.9 Å². The maximum absolute atomic E-state index is 12.0. The van der Waals surface area contributed by atoms with Crippen molar-refractivity contribution in [2.75, 3.05) is 13.2 Å². The molecule has 0 aromatic rings. The highest BCUT2D eigenvalue weighted by molar-refractivity contribution is 5.94. The van der Waals surface area contributed by atoms with Gasteiger partial charge in [-0.1, -0.05) is 41.5 Å². The van der Waals surface area contributed by atoms with Crippen LogP contribution in [0.25, 0.3) is 0 Å². The molecular weight excluding hydrogens is 296 g/mol. The first-order valence-electron chi connectivity index (χ1n) is 8.61. The highest BCUT2D eigenvalue weighted by Crippen LogP contribution is 2.29. The van der Waals surface area contributed by atoms with E-state index in [1.165, 1.54) is 6.92 Å². The van der Waals surface area contributed by atoms with Crippen LogP contribution in [0.5, 0.6) is 0 Å². The number of ether oxygens (including phenoxy) is 3. The standard InChI is InChI=1S/C18H34O5/c1-8-18(9-2,23-16(20)10-15(7)19)17(21-11-13(3)4)22-12-14(5)6/h13-14,17H,8-12H2,1-7H3. The molecule has 5 heteroatoms. The van der Waals surface area contributed by atoms with Gasteiger partial charge in [0, 0.05) is 0 Å². The summed E-state index contributed by atoms with van der Waals surface area (Å²) in [7, 11) is 0. The third kappa shape index (κ3) is 8.47. The second-order valence-corrected chi connectivity index (χ2v) is 6.91. The molecule has 0 heterocycles. The highest BCUT2D eigenvalue weighted by atomic mass is 16.7. The zero-order chi connectivity index (χ0) is 18.0. The molecule has 0 rings (SSSR count). The van der Waals surface area contributed by atoms with Gasteiger partial charge < -0.3 is 14.2 Å². The minimum absolute atomic E-state index is 0.209. The summed E-state index contributed by atoms with van der Waals surface area (Å²) in [6, 6.07) is 0. The third-order valence-corrected chi connectivity index (χ3v) is 3.50. The number of carbonyl (C=O) groups is 2. The van der Waals surface area contributed by atoms with Crippen LogP contribution in [0, 0.1) is 11.8 Å². The first-order chi connectivity index (χ1) is 10.7. The van der Waals surface area contributed by atoms with Gasteiger partial charge in [-0.05, 0) is 31.6 Å². The fourth-order valence-corrected chi connectivity index (χ4v) is 2.15. The van der Waals surface area contributed by atoms with Gasteiger partial charge in [-0.25, -0.2) is 0 Å². The van der Waals surface area contributed by atoms with E-state index in [1.807, 2.05) is 13.8 Å². The summed E-state index contributed by atoms with van der Waals surface area (Å²) in [5, 5.41) is 0. The lowest BCUT2D eigenvalue weighted by Gasteiger charge is -2.38. The number of hydrogen-bond acceptors (Lipinski definition) is 5.